The number of hydrogen-bond acceptors (Lipinski definition) is 3. The summed E-state index contributed by atoms with van der Waals surface area (Å²) in [5.41, 5.74) is 2.13. The van der Waals surface area contributed by atoms with Gasteiger partial charge in [-0.05, 0) is 17.7 Å². The van der Waals surface area contributed by atoms with E-state index in [1.54, 1.807) is 7.05 Å². The molecular weight excluding hydrogens is 254 g/mol. The van der Waals surface area contributed by atoms with Crippen molar-refractivity contribution in [2.75, 3.05) is 12.4 Å². The fourth-order valence-electron chi connectivity index (χ4n) is 1.25. The van der Waals surface area contributed by atoms with Gasteiger partial charge in [-0.1, -0.05) is 28.1 Å². The molecule has 3 nitrogen and oxygen atoms in total. The first-order valence-corrected chi connectivity index (χ1v) is 5.34. The van der Waals surface area contributed by atoms with E-state index < -0.39 is 0 Å². The third-order valence-corrected chi connectivity index (χ3v) is 2.58. The van der Waals surface area contributed by atoms with Crippen LogP contribution in [0.2, 0.25) is 0 Å². The predicted molar refractivity (Wildman–Crippen MR) is 64.7 cm³/mol. The Morgan fingerprint density at radius 1 is 1.00 bits per heavy atom. The largest absolute Gasteiger partial charge is 0.357 e. The van der Waals surface area contributed by atoms with Gasteiger partial charge in [0.1, 0.15) is 0 Å². The fraction of sp³-hybridized carbons (Fsp3) is 0.0909. The molecule has 0 fully saturated rings. The molecule has 0 unspecified atom stereocenters. The summed E-state index contributed by atoms with van der Waals surface area (Å²) in [7, 11) is 1.80. The summed E-state index contributed by atoms with van der Waals surface area (Å²) in [5.74, 6) is 0.635. The van der Waals surface area contributed by atoms with Crippen LogP contribution in [0.25, 0.3) is 11.1 Å². The summed E-state index contributed by atoms with van der Waals surface area (Å²) in [6, 6.07) is 8.06. The average molecular weight is 264 g/mol. The van der Waals surface area contributed by atoms with E-state index in [1.165, 1.54) is 0 Å². The van der Waals surface area contributed by atoms with Gasteiger partial charge in [-0.2, -0.15) is 0 Å². The van der Waals surface area contributed by atoms with Gasteiger partial charge in [-0.25, -0.2) is 9.97 Å². The van der Waals surface area contributed by atoms with E-state index in [9.17, 15) is 0 Å². The highest BCUT2D eigenvalue weighted by molar-refractivity contribution is 9.10. The molecule has 4 heteroatoms. The van der Waals surface area contributed by atoms with Crippen LogP contribution in [0, 0.1) is 0 Å². The minimum Gasteiger partial charge on any atom is -0.357 e. The Morgan fingerprint density at radius 3 is 2.13 bits per heavy atom. The van der Waals surface area contributed by atoms with Crippen LogP contribution < -0.4 is 5.32 Å². The topological polar surface area (TPSA) is 37.8 Å². The number of aromatic nitrogens is 2. The number of nitrogens with one attached hydrogen (secondary N) is 1. The molecular formula is C11H10BrN3. The molecule has 0 aliphatic carbocycles. The Balaban J connectivity index is 2.33. The number of benzene rings is 1. The first kappa shape index (κ1) is 10.1. The van der Waals surface area contributed by atoms with Gasteiger partial charge in [0.05, 0.1) is 0 Å². The minimum absolute atomic E-state index is 0.635. The lowest BCUT2D eigenvalue weighted by molar-refractivity contribution is 1.15. The summed E-state index contributed by atoms with van der Waals surface area (Å²) in [6.45, 7) is 0. The lowest BCUT2D eigenvalue weighted by Gasteiger charge is -2.02. The van der Waals surface area contributed by atoms with E-state index >= 15 is 0 Å². The first-order chi connectivity index (χ1) is 7.29. The summed E-state index contributed by atoms with van der Waals surface area (Å²) in [4.78, 5) is 8.32. The predicted octanol–water partition coefficient (Wildman–Crippen LogP) is 2.95. The van der Waals surface area contributed by atoms with Crippen LogP contribution in [-0.2, 0) is 0 Å². The van der Waals surface area contributed by atoms with Gasteiger partial charge in [-0.15, -0.1) is 0 Å². The molecule has 1 heterocycles. The number of hydrogen-bond donors (Lipinski definition) is 1. The zero-order valence-corrected chi connectivity index (χ0v) is 9.82. The van der Waals surface area contributed by atoms with Crippen LogP contribution in [0.5, 0.6) is 0 Å². The van der Waals surface area contributed by atoms with Crippen LogP contribution in [0.1, 0.15) is 0 Å². The summed E-state index contributed by atoms with van der Waals surface area (Å²) >= 11 is 3.40. The molecule has 0 saturated carbocycles. The minimum atomic E-state index is 0.635. The van der Waals surface area contributed by atoms with Crippen molar-refractivity contribution in [3.05, 3.63) is 41.1 Å². The summed E-state index contributed by atoms with van der Waals surface area (Å²) in [5, 5.41) is 2.89. The Kier molecular flexibility index (Phi) is 2.97. The van der Waals surface area contributed by atoms with Crippen molar-refractivity contribution in [2.24, 2.45) is 0 Å². The van der Waals surface area contributed by atoms with Crippen LogP contribution in [0.15, 0.2) is 41.1 Å². The van der Waals surface area contributed by atoms with Crippen molar-refractivity contribution in [1.82, 2.24) is 9.97 Å². The smallest absolute Gasteiger partial charge is 0.222 e. The molecule has 0 atom stereocenters. The maximum absolute atomic E-state index is 4.16. The third-order valence-electron chi connectivity index (χ3n) is 2.05. The van der Waals surface area contributed by atoms with Crippen molar-refractivity contribution in [1.29, 1.82) is 0 Å². The van der Waals surface area contributed by atoms with Crippen LogP contribution in [0.3, 0.4) is 0 Å². The maximum atomic E-state index is 4.16. The Hall–Kier alpha value is -1.42. The number of nitrogens with zero attached hydrogens (tertiary/aromatic N) is 2. The molecule has 0 bridgehead atoms. The van der Waals surface area contributed by atoms with Crippen LogP contribution in [-0.4, -0.2) is 17.0 Å². The quantitative estimate of drug-likeness (QED) is 0.906. The van der Waals surface area contributed by atoms with Crippen molar-refractivity contribution in [3.63, 3.8) is 0 Å². The van der Waals surface area contributed by atoms with Crippen molar-refractivity contribution in [2.45, 2.75) is 0 Å². The van der Waals surface area contributed by atoms with Gasteiger partial charge in [0.15, 0.2) is 0 Å². The molecule has 1 aromatic carbocycles. The average Bonchev–Trinajstić information content (AvgIpc) is 2.30. The van der Waals surface area contributed by atoms with Crippen LogP contribution in [0.4, 0.5) is 5.95 Å². The molecule has 1 N–H and O–H groups in total. The fourth-order valence-corrected chi connectivity index (χ4v) is 1.51. The van der Waals surface area contributed by atoms with Crippen molar-refractivity contribution < 1.29 is 0 Å². The molecule has 2 aromatic rings. The van der Waals surface area contributed by atoms with Crippen LogP contribution >= 0.6 is 15.9 Å². The van der Waals surface area contributed by atoms with Gasteiger partial charge in [0.2, 0.25) is 5.95 Å². The van der Waals surface area contributed by atoms with E-state index in [0.717, 1.165) is 15.6 Å². The van der Waals surface area contributed by atoms with E-state index in [4.69, 9.17) is 0 Å². The molecule has 76 valence electrons. The normalized spacial score (nSPS) is 10.0. The molecule has 1 aromatic heterocycles. The lowest BCUT2D eigenvalue weighted by Crippen LogP contribution is -1.95. The summed E-state index contributed by atoms with van der Waals surface area (Å²) in [6.07, 6.45) is 3.62. The second-order valence-electron chi connectivity index (χ2n) is 3.05. The highest BCUT2D eigenvalue weighted by atomic mass is 79.9. The van der Waals surface area contributed by atoms with E-state index in [1.807, 2.05) is 36.7 Å². The van der Waals surface area contributed by atoms with E-state index in [0.29, 0.717) is 5.95 Å². The van der Waals surface area contributed by atoms with Gasteiger partial charge < -0.3 is 5.32 Å². The van der Waals surface area contributed by atoms with Gasteiger partial charge in [0.25, 0.3) is 0 Å². The Bertz CT molecular complexity index is 436. The number of anilines is 1. The summed E-state index contributed by atoms with van der Waals surface area (Å²) < 4.78 is 1.07. The molecule has 2 rings (SSSR count). The van der Waals surface area contributed by atoms with E-state index in [2.05, 4.69) is 31.2 Å². The highest BCUT2D eigenvalue weighted by Gasteiger charge is 1.98. The first-order valence-electron chi connectivity index (χ1n) is 4.55. The maximum Gasteiger partial charge on any atom is 0.222 e. The molecule has 0 radical (unpaired) electrons. The Labute approximate surface area is 96.7 Å². The zero-order chi connectivity index (χ0) is 10.7. The van der Waals surface area contributed by atoms with Gasteiger partial charge >= 0.3 is 0 Å². The molecule has 0 amide bonds. The number of rotatable bonds is 2. The zero-order valence-electron chi connectivity index (χ0n) is 8.24. The Morgan fingerprint density at radius 2 is 1.60 bits per heavy atom. The highest BCUT2D eigenvalue weighted by Crippen LogP contribution is 2.20. The number of halogens is 1. The SMILES string of the molecule is CNc1ncc(-c2ccc(Br)cc2)cn1. The van der Waals surface area contributed by atoms with Crippen molar-refractivity contribution in [3.8, 4) is 11.1 Å². The molecule has 0 spiro atoms. The molecule has 0 aliphatic rings. The second kappa shape index (κ2) is 4.40. The van der Waals surface area contributed by atoms with Gasteiger partial charge in [0, 0.05) is 29.5 Å². The molecule has 15 heavy (non-hydrogen) atoms. The standard InChI is InChI=1S/C11H10BrN3/c1-13-11-14-6-9(7-15-11)8-2-4-10(12)5-3-8/h2-7H,1H3,(H,13,14,15). The van der Waals surface area contributed by atoms with Crippen molar-refractivity contribution >= 4 is 21.9 Å². The third kappa shape index (κ3) is 2.33. The van der Waals surface area contributed by atoms with Gasteiger partial charge in [-0.3, -0.25) is 0 Å². The lowest BCUT2D eigenvalue weighted by atomic mass is 10.1. The molecule has 0 aliphatic heterocycles. The second-order valence-corrected chi connectivity index (χ2v) is 3.97. The monoisotopic (exact) mass is 263 g/mol. The molecule has 0 saturated heterocycles. The van der Waals surface area contributed by atoms with E-state index in [-0.39, 0.29) is 0 Å².